The van der Waals surface area contributed by atoms with Crippen LogP contribution in [0.25, 0.3) is 0 Å². The van der Waals surface area contributed by atoms with Gasteiger partial charge in [-0.3, -0.25) is 0 Å². The molecular formula is C16H12AlF24O4-. The molecule has 4 nitrogen and oxygen atoms in total. The minimum atomic E-state index is -10.4. The van der Waals surface area contributed by atoms with Crippen LogP contribution in [0.1, 0.15) is 27.7 Å². The molecule has 0 saturated carbocycles. The molecule has 45 heavy (non-hydrogen) atoms. The van der Waals surface area contributed by atoms with Crippen molar-refractivity contribution < 1.29 is 121 Å². The van der Waals surface area contributed by atoms with E-state index in [1.165, 1.54) is 0 Å². The maximum atomic E-state index is 13.5. The average molecular weight is 751 g/mol. The Kier molecular flexibility index (Phi) is 11.1. The molecule has 29 heteroatoms. The van der Waals surface area contributed by atoms with Gasteiger partial charge < -0.3 is 15.2 Å². The normalized spacial score (nSPS) is 16.8. The first-order valence-corrected chi connectivity index (χ1v) is 12.2. The van der Waals surface area contributed by atoms with Crippen LogP contribution in [0, 0.1) is 0 Å². The van der Waals surface area contributed by atoms with Crippen LogP contribution < -0.4 is 0 Å². The lowest BCUT2D eigenvalue weighted by Crippen LogP contribution is -2.78. The van der Waals surface area contributed by atoms with Gasteiger partial charge in [0.15, 0.2) is 0 Å². The van der Waals surface area contributed by atoms with E-state index in [2.05, 4.69) is 15.2 Å². The van der Waals surface area contributed by atoms with Crippen molar-refractivity contribution in [2.75, 3.05) is 0 Å². The summed E-state index contributed by atoms with van der Waals surface area (Å²) in [4.78, 5) is 0. The maximum absolute atomic E-state index is 13.5. The lowest BCUT2D eigenvalue weighted by molar-refractivity contribution is -0.460. The first-order chi connectivity index (χ1) is 18.8. The van der Waals surface area contributed by atoms with Gasteiger partial charge in [0.1, 0.15) is 5.60 Å². The van der Waals surface area contributed by atoms with Crippen LogP contribution in [-0.4, -0.2) is 86.2 Å². The van der Waals surface area contributed by atoms with E-state index < -0.39 is 114 Å². The highest BCUT2D eigenvalue weighted by atomic mass is 27.3. The van der Waals surface area contributed by atoms with Crippen molar-refractivity contribution in [3.63, 3.8) is 0 Å². The maximum Gasteiger partial charge on any atom is 0.878 e. The third kappa shape index (κ3) is 7.88. The van der Waals surface area contributed by atoms with Gasteiger partial charge in [0, 0.05) is 0 Å². The van der Waals surface area contributed by atoms with Crippen LogP contribution in [0.4, 0.5) is 105 Å². The van der Waals surface area contributed by atoms with E-state index in [9.17, 15) is 105 Å². The Balaban J connectivity index is 8.92. The minimum absolute atomic E-state index is 0.911. The van der Waals surface area contributed by atoms with Crippen LogP contribution in [0.3, 0.4) is 0 Å². The third-order valence-electron chi connectivity index (χ3n) is 5.56. The van der Waals surface area contributed by atoms with Gasteiger partial charge in [-0.05, 0) is 27.7 Å². The van der Waals surface area contributed by atoms with Crippen LogP contribution in [0.15, 0.2) is 0 Å². The molecule has 0 atom stereocenters. The molecule has 0 aromatic rings. The standard InChI is InChI=1S/C4F9O.2C4H3F6O.C4H6F3O.Al/c5-2(6,7)1(14,3(8,9)10)4(11,12)13;2*1-2(11,3(5,6)7)4(8,9)10;1-3(2,8)4(5,6)7;/h;2*1H3;1-2H3;/q4*-1;+3. The Bertz CT molecular complexity index is 916. The van der Waals surface area contributed by atoms with Crippen molar-refractivity contribution in [3.05, 3.63) is 0 Å². The van der Waals surface area contributed by atoms with Crippen molar-refractivity contribution in [2.45, 2.75) is 99.5 Å². The number of rotatable bonds is 8. The summed E-state index contributed by atoms with van der Waals surface area (Å²) in [5.74, 6) is 0. The van der Waals surface area contributed by atoms with Gasteiger partial charge in [0.25, 0.3) is 0 Å². The van der Waals surface area contributed by atoms with Crippen LogP contribution >= 0.6 is 0 Å². The molecule has 0 rings (SSSR count). The summed E-state index contributed by atoms with van der Waals surface area (Å²) >= 11 is -10.4. The smallest absolute Gasteiger partial charge is 0.576 e. The predicted octanol–water partition coefficient (Wildman–Crippen LogP) is 9.02. The summed E-state index contributed by atoms with van der Waals surface area (Å²) in [5.41, 5.74) is -27.6. The van der Waals surface area contributed by atoms with Gasteiger partial charge in [-0.25, -0.2) is 0 Å². The van der Waals surface area contributed by atoms with Crippen LogP contribution in [0.2, 0.25) is 0 Å². The van der Waals surface area contributed by atoms with Gasteiger partial charge >= 0.3 is 69.4 Å². The van der Waals surface area contributed by atoms with Gasteiger partial charge in [-0.1, -0.05) is 0 Å². The van der Waals surface area contributed by atoms with E-state index in [1.54, 1.807) is 0 Å². The topological polar surface area (TPSA) is 36.9 Å². The van der Waals surface area contributed by atoms with Gasteiger partial charge in [-0.15, -0.1) is 0 Å². The summed E-state index contributed by atoms with van der Waals surface area (Å²) < 4.78 is 335. The molecule has 0 amide bonds. The second kappa shape index (κ2) is 11.4. The molecule has 0 fully saturated rings. The average Bonchev–Trinajstić information content (AvgIpc) is 2.64. The van der Waals surface area contributed by atoms with Gasteiger partial charge in [-0.2, -0.15) is 105 Å². The fourth-order valence-corrected chi connectivity index (χ4v) is 6.30. The zero-order chi connectivity index (χ0) is 37.3. The van der Waals surface area contributed by atoms with E-state index >= 15 is 0 Å². The highest BCUT2D eigenvalue weighted by molar-refractivity contribution is 6.54. The molecule has 0 spiro atoms. The molecule has 0 aromatic carbocycles. The molecule has 0 bridgehead atoms. The monoisotopic (exact) mass is 751 g/mol. The number of halogens is 24. The Hall–Kier alpha value is -1.31. The predicted molar refractivity (Wildman–Crippen MR) is 92.2 cm³/mol. The number of hydrogen-bond donors (Lipinski definition) is 0. The summed E-state index contributed by atoms with van der Waals surface area (Å²) in [7, 11) is 0. The largest absolute Gasteiger partial charge is 0.878 e. The molecule has 0 radical (unpaired) electrons. The Labute approximate surface area is 235 Å². The lowest BCUT2D eigenvalue weighted by Gasteiger charge is -2.56. The number of alkyl halides is 24. The number of hydrogen-bond acceptors (Lipinski definition) is 4. The zero-order valence-corrected chi connectivity index (χ0v) is 22.4. The highest BCUT2D eigenvalue weighted by Gasteiger charge is 2.88. The first kappa shape index (κ1) is 43.7. The van der Waals surface area contributed by atoms with Crippen molar-refractivity contribution in [1.82, 2.24) is 0 Å². The van der Waals surface area contributed by atoms with Crippen molar-refractivity contribution in [2.24, 2.45) is 0 Å². The van der Waals surface area contributed by atoms with Gasteiger partial charge in [0.05, 0.1) is 0 Å². The summed E-state index contributed by atoms with van der Waals surface area (Å²) in [6.07, 6.45) is -62.4. The third-order valence-corrected chi connectivity index (χ3v) is 8.60. The second-order valence-corrected chi connectivity index (χ2v) is 11.4. The highest BCUT2D eigenvalue weighted by Crippen LogP contribution is 2.59. The SMILES string of the molecule is CC(C)([O][Al-]([O]C(C)(C(F)(F)F)C(F)(F)F)([O]C(C)(C(F)(F)F)C(F)(F)F)[O]C(C(F)(F)F)(C(F)(F)F)C(F)(F)F)C(F)(F)F. The molecule has 0 aliphatic rings. The van der Waals surface area contributed by atoms with E-state index in [0.717, 1.165) is 0 Å². The summed E-state index contributed by atoms with van der Waals surface area (Å²) in [5, 5.41) is 0. The molecule has 0 aromatic heterocycles. The fraction of sp³-hybridized carbons (Fsp3) is 1.00. The van der Waals surface area contributed by atoms with Gasteiger partial charge in [0.2, 0.25) is 11.2 Å². The summed E-state index contributed by atoms with van der Waals surface area (Å²) in [6.45, 7) is -5.20. The lowest BCUT2D eigenvalue weighted by atomic mass is 10.0. The molecule has 0 heterocycles. The van der Waals surface area contributed by atoms with E-state index in [0.29, 0.717) is 0 Å². The van der Waals surface area contributed by atoms with E-state index in [-0.39, 0.29) is 0 Å². The fourth-order valence-electron chi connectivity index (χ4n) is 2.64. The van der Waals surface area contributed by atoms with E-state index in [1.807, 2.05) is 0 Å². The molecule has 0 aliphatic heterocycles. The molecule has 0 aliphatic carbocycles. The van der Waals surface area contributed by atoms with Crippen LogP contribution in [-0.2, 0) is 15.2 Å². The molecule has 0 N–H and O–H groups in total. The van der Waals surface area contributed by atoms with Crippen molar-refractivity contribution >= 4 is 14.4 Å². The quantitative estimate of drug-likeness (QED) is 0.183. The second-order valence-electron chi connectivity index (χ2n) is 9.29. The Morgan fingerprint density at radius 2 is 0.511 bits per heavy atom. The molecule has 272 valence electrons. The van der Waals surface area contributed by atoms with Crippen molar-refractivity contribution in [1.29, 1.82) is 0 Å². The zero-order valence-electron chi connectivity index (χ0n) is 21.3. The van der Waals surface area contributed by atoms with Crippen molar-refractivity contribution in [3.8, 4) is 0 Å². The van der Waals surface area contributed by atoms with E-state index in [4.69, 9.17) is 0 Å². The molecule has 0 saturated heterocycles. The minimum Gasteiger partial charge on any atom is -0.576 e. The molecule has 0 unspecified atom stereocenters. The summed E-state index contributed by atoms with van der Waals surface area (Å²) in [6, 6.07) is 0. The van der Waals surface area contributed by atoms with Crippen LogP contribution in [0.5, 0.6) is 0 Å². The first-order valence-electron chi connectivity index (χ1n) is 10.3. The Morgan fingerprint density at radius 1 is 0.289 bits per heavy atom. The Morgan fingerprint density at radius 3 is 0.667 bits per heavy atom. The molecular weight excluding hydrogens is 739 g/mol.